The molecule has 2 aromatic carbocycles. The maximum Gasteiger partial charge on any atom is 0.325 e. The van der Waals surface area contributed by atoms with Gasteiger partial charge in [-0.1, -0.05) is 15.9 Å². The molecule has 0 aliphatic rings. The molecule has 0 aromatic heterocycles. The number of anilines is 1. The molecule has 8 nitrogen and oxygen atoms in total. The molecule has 3 N–H and O–H groups in total. The Morgan fingerprint density at radius 3 is 2.27 bits per heavy atom. The fourth-order valence-electron chi connectivity index (χ4n) is 2.37. The number of ether oxygens (including phenoxy) is 1. The first-order valence-corrected chi connectivity index (χ1v) is 9.59. The second kappa shape index (κ2) is 11.1. The van der Waals surface area contributed by atoms with Gasteiger partial charge in [-0.15, -0.1) is 0 Å². The first-order chi connectivity index (χ1) is 14.3. The third kappa shape index (κ3) is 7.28. The average Bonchev–Trinajstić information content (AvgIpc) is 2.72. The zero-order valence-electron chi connectivity index (χ0n) is 15.8. The predicted molar refractivity (Wildman–Crippen MR) is 110 cm³/mol. The van der Waals surface area contributed by atoms with Crippen LogP contribution in [0.25, 0.3) is 0 Å². The molecule has 2 aromatic rings. The number of amides is 3. The third-order valence-corrected chi connectivity index (χ3v) is 4.41. The van der Waals surface area contributed by atoms with Gasteiger partial charge in [-0.25, -0.2) is 4.39 Å². The second-order valence-corrected chi connectivity index (χ2v) is 7.00. The maximum atomic E-state index is 13.1. The molecule has 0 fully saturated rings. The van der Waals surface area contributed by atoms with Gasteiger partial charge in [-0.2, -0.15) is 0 Å². The van der Waals surface area contributed by atoms with Crippen molar-refractivity contribution in [3.63, 3.8) is 0 Å². The Balaban J connectivity index is 1.89. The molecule has 0 aliphatic heterocycles. The third-order valence-electron chi connectivity index (χ3n) is 3.88. The van der Waals surface area contributed by atoms with Gasteiger partial charge in [-0.05, 0) is 48.5 Å². The van der Waals surface area contributed by atoms with E-state index >= 15 is 0 Å². The van der Waals surface area contributed by atoms with E-state index in [0.717, 1.165) is 21.5 Å². The van der Waals surface area contributed by atoms with E-state index in [9.17, 15) is 23.6 Å². The van der Waals surface area contributed by atoms with E-state index in [4.69, 9.17) is 10.5 Å². The number of esters is 1. The van der Waals surface area contributed by atoms with Crippen LogP contribution >= 0.6 is 15.9 Å². The zero-order valence-corrected chi connectivity index (χ0v) is 17.4. The number of rotatable bonds is 9. The number of carbonyl (C=O) groups excluding carboxylic acids is 4. The normalized spacial score (nSPS) is 10.2. The lowest BCUT2D eigenvalue weighted by Gasteiger charge is -2.22. The van der Waals surface area contributed by atoms with Crippen molar-refractivity contribution in [1.29, 1.82) is 0 Å². The Labute approximate surface area is 180 Å². The fourth-order valence-corrected chi connectivity index (χ4v) is 2.63. The molecular formula is C20H19BrFN3O5. The number of hydrogen-bond donors (Lipinski definition) is 2. The van der Waals surface area contributed by atoms with Gasteiger partial charge in [0.25, 0.3) is 11.8 Å². The smallest absolute Gasteiger partial charge is 0.325 e. The summed E-state index contributed by atoms with van der Waals surface area (Å²) in [5.74, 6) is -3.03. The molecule has 0 spiro atoms. The van der Waals surface area contributed by atoms with E-state index < -0.39 is 42.7 Å². The Hall–Kier alpha value is -3.27. The number of hydrogen-bond acceptors (Lipinski definition) is 5. The molecule has 0 radical (unpaired) electrons. The van der Waals surface area contributed by atoms with E-state index in [2.05, 4.69) is 21.2 Å². The van der Waals surface area contributed by atoms with Crippen LogP contribution in [0.15, 0.2) is 53.0 Å². The number of benzene rings is 2. The van der Waals surface area contributed by atoms with Crippen LogP contribution in [0.1, 0.15) is 16.8 Å². The van der Waals surface area contributed by atoms with Crippen molar-refractivity contribution >= 4 is 45.3 Å². The van der Waals surface area contributed by atoms with Crippen LogP contribution in [0.5, 0.6) is 0 Å². The SMILES string of the molecule is NC(=O)CCN(C(=O)COC(=O)CNC(=O)c1ccc(Br)cc1)c1ccc(F)cc1. The van der Waals surface area contributed by atoms with Crippen LogP contribution in [-0.2, 0) is 19.1 Å². The van der Waals surface area contributed by atoms with Crippen LogP contribution in [0, 0.1) is 5.82 Å². The van der Waals surface area contributed by atoms with Gasteiger partial charge in [0.15, 0.2) is 6.61 Å². The number of carbonyl (C=O) groups is 4. The maximum absolute atomic E-state index is 13.1. The molecule has 0 aliphatic carbocycles. The summed E-state index contributed by atoms with van der Waals surface area (Å²) in [5, 5.41) is 2.39. The highest BCUT2D eigenvalue weighted by Gasteiger charge is 2.19. The Bertz CT molecular complexity index is 919. The molecule has 158 valence electrons. The molecular weight excluding hydrogens is 461 g/mol. The summed E-state index contributed by atoms with van der Waals surface area (Å²) >= 11 is 3.26. The number of nitrogens with zero attached hydrogens (tertiary/aromatic N) is 1. The highest BCUT2D eigenvalue weighted by Crippen LogP contribution is 2.16. The van der Waals surface area contributed by atoms with E-state index in [1.807, 2.05) is 0 Å². The molecule has 0 heterocycles. The lowest BCUT2D eigenvalue weighted by atomic mass is 10.2. The monoisotopic (exact) mass is 479 g/mol. The van der Waals surface area contributed by atoms with Crippen molar-refractivity contribution in [3.8, 4) is 0 Å². The number of primary amides is 1. The Kier molecular flexibility index (Phi) is 8.48. The standard InChI is InChI=1S/C20H19BrFN3O5/c21-14-3-1-13(2-4-14)20(29)24-11-19(28)30-12-18(27)25(10-9-17(23)26)16-7-5-15(22)6-8-16/h1-8H,9-12H2,(H2,23,26)(H,24,29). The van der Waals surface area contributed by atoms with Gasteiger partial charge >= 0.3 is 5.97 Å². The van der Waals surface area contributed by atoms with Crippen LogP contribution in [0.4, 0.5) is 10.1 Å². The molecule has 2 rings (SSSR count). The highest BCUT2D eigenvalue weighted by molar-refractivity contribution is 9.10. The van der Waals surface area contributed by atoms with Crippen LogP contribution < -0.4 is 16.0 Å². The minimum atomic E-state index is -0.817. The van der Waals surface area contributed by atoms with Crippen molar-refractivity contribution in [3.05, 3.63) is 64.4 Å². The minimum Gasteiger partial charge on any atom is -0.454 e. The Morgan fingerprint density at radius 1 is 1.03 bits per heavy atom. The number of nitrogens with two attached hydrogens (primary N) is 1. The predicted octanol–water partition coefficient (Wildman–Crippen LogP) is 1.77. The summed E-state index contributed by atoms with van der Waals surface area (Å²) in [6.45, 7) is -1.11. The minimum absolute atomic E-state index is 0.0579. The molecule has 3 amide bonds. The summed E-state index contributed by atoms with van der Waals surface area (Å²) < 4.78 is 18.8. The topological polar surface area (TPSA) is 119 Å². The van der Waals surface area contributed by atoms with Gasteiger partial charge in [-0.3, -0.25) is 19.2 Å². The van der Waals surface area contributed by atoms with Crippen molar-refractivity contribution < 1.29 is 28.3 Å². The van der Waals surface area contributed by atoms with Crippen LogP contribution in [-0.4, -0.2) is 43.4 Å². The van der Waals surface area contributed by atoms with Crippen molar-refractivity contribution in [1.82, 2.24) is 5.32 Å². The zero-order chi connectivity index (χ0) is 22.1. The molecule has 10 heteroatoms. The van der Waals surface area contributed by atoms with Gasteiger partial charge < -0.3 is 20.7 Å². The van der Waals surface area contributed by atoms with Crippen molar-refractivity contribution in [2.75, 3.05) is 24.6 Å². The van der Waals surface area contributed by atoms with Crippen LogP contribution in [0.2, 0.25) is 0 Å². The van der Waals surface area contributed by atoms with Crippen LogP contribution in [0.3, 0.4) is 0 Å². The second-order valence-electron chi connectivity index (χ2n) is 6.09. The van der Waals surface area contributed by atoms with Gasteiger partial charge in [0.2, 0.25) is 5.91 Å². The van der Waals surface area contributed by atoms with Gasteiger partial charge in [0.05, 0.1) is 0 Å². The largest absolute Gasteiger partial charge is 0.454 e. The quantitative estimate of drug-likeness (QED) is 0.531. The summed E-state index contributed by atoms with van der Waals surface area (Å²) in [6, 6.07) is 11.5. The summed E-state index contributed by atoms with van der Waals surface area (Å²) in [4.78, 5) is 48.5. The lowest BCUT2D eigenvalue weighted by molar-refractivity contribution is -0.146. The average molecular weight is 480 g/mol. The molecule has 0 saturated carbocycles. The number of nitrogens with one attached hydrogen (secondary N) is 1. The fraction of sp³-hybridized carbons (Fsp3) is 0.200. The summed E-state index contributed by atoms with van der Waals surface area (Å²) in [6.07, 6.45) is -0.125. The number of halogens is 2. The molecule has 0 atom stereocenters. The van der Waals surface area contributed by atoms with Crippen molar-refractivity contribution in [2.45, 2.75) is 6.42 Å². The van der Waals surface area contributed by atoms with Gasteiger partial charge in [0, 0.05) is 28.7 Å². The van der Waals surface area contributed by atoms with E-state index in [1.54, 1.807) is 24.3 Å². The van der Waals surface area contributed by atoms with E-state index in [1.165, 1.54) is 12.1 Å². The molecule has 0 unspecified atom stereocenters. The lowest BCUT2D eigenvalue weighted by Crippen LogP contribution is -2.38. The van der Waals surface area contributed by atoms with Crippen molar-refractivity contribution in [2.24, 2.45) is 5.73 Å². The van der Waals surface area contributed by atoms with E-state index in [0.29, 0.717) is 11.3 Å². The Morgan fingerprint density at radius 2 is 1.67 bits per heavy atom. The first-order valence-electron chi connectivity index (χ1n) is 8.80. The van der Waals surface area contributed by atoms with Gasteiger partial charge in [0.1, 0.15) is 12.4 Å². The molecule has 30 heavy (non-hydrogen) atoms. The summed E-state index contributed by atoms with van der Waals surface area (Å²) in [7, 11) is 0. The molecule has 0 bridgehead atoms. The summed E-state index contributed by atoms with van der Waals surface area (Å²) in [5.41, 5.74) is 5.80. The molecule has 0 saturated heterocycles. The van der Waals surface area contributed by atoms with E-state index in [-0.39, 0.29) is 13.0 Å². The first kappa shape index (κ1) is 23.0. The highest BCUT2D eigenvalue weighted by atomic mass is 79.9.